The van der Waals surface area contributed by atoms with Crippen molar-refractivity contribution in [3.8, 4) is 34.1 Å². The van der Waals surface area contributed by atoms with Crippen LogP contribution in [0.15, 0.2) is 87.3 Å². The van der Waals surface area contributed by atoms with E-state index in [1.54, 1.807) is 32.3 Å². The maximum atomic E-state index is 13.5. The molecule has 0 radical (unpaired) electrons. The Morgan fingerprint density at radius 3 is 1.71 bits per heavy atom. The highest BCUT2D eigenvalue weighted by molar-refractivity contribution is 9.10. The van der Waals surface area contributed by atoms with E-state index < -0.39 is 29.4 Å². The molecule has 10 rings (SSSR count). The Kier molecular flexibility index (Phi) is 14.3. The summed E-state index contributed by atoms with van der Waals surface area (Å²) in [6.07, 6.45) is 4.25. The number of carbonyl (C=O) groups is 2. The van der Waals surface area contributed by atoms with Crippen molar-refractivity contribution in [3.05, 3.63) is 98.4 Å². The van der Waals surface area contributed by atoms with Gasteiger partial charge in [-0.1, -0.05) is 45.2 Å². The van der Waals surface area contributed by atoms with Crippen LogP contribution in [0.1, 0.15) is 63.5 Å². The molecule has 0 saturated carbocycles. The maximum Gasteiger partial charge on any atom is 0.492 e. The highest BCUT2D eigenvalue weighted by Gasteiger charge is 2.60. The average Bonchev–Trinajstić information content (AvgIpc) is 3.66. The number of aliphatic imine (C=N–C) groups is 2. The fourth-order valence-corrected chi connectivity index (χ4v) is 10.5. The molecule has 6 N–H and O–H groups in total. The molecule has 360 valence electrons. The first-order valence-corrected chi connectivity index (χ1v) is 24.0. The van der Waals surface area contributed by atoms with Gasteiger partial charge in [0.1, 0.15) is 34.2 Å². The van der Waals surface area contributed by atoms with Gasteiger partial charge in [-0.25, -0.2) is 9.98 Å². The van der Waals surface area contributed by atoms with E-state index in [9.17, 15) is 9.59 Å². The summed E-state index contributed by atoms with van der Waals surface area (Å²) in [6.45, 7) is 7.07. The Bertz CT molecular complexity index is 2650. The topological polar surface area (TPSA) is 213 Å². The SMILES string of the molecule is CCOc1ccc(Cl)cc1-c1ccc2c(c1)C1(CC3(CCCOC3)O2)N=C(N)N(C)C1=O.CCOc1ccc(Cl)cc1B(O)O.CN1C(=O)C2(CC3(CCCOC3)Oc3ccc(Br)cc32)N=C1N. The van der Waals surface area contributed by atoms with Crippen molar-refractivity contribution >= 4 is 75.4 Å². The molecule has 2 saturated heterocycles. The second-order valence-electron chi connectivity index (χ2n) is 17.5. The van der Waals surface area contributed by atoms with Gasteiger partial charge in [0.05, 0.1) is 26.4 Å². The van der Waals surface area contributed by atoms with Gasteiger partial charge in [-0.2, -0.15) is 0 Å². The van der Waals surface area contributed by atoms with Crippen molar-refractivity contribution in [1.29, 1.82) is 0 Å². The van der Waals surface area contributed by atoms with Crippen LogP contribution in [-0.4, -0.2) is 116 Å². The van der Waals surface area contributed by atoms with Crippen molar-refractivity contribution in [2.24, 2.45) is 21.5 Å². The number of guanidine groups is 2. The van der Waals surface area contributed by atoms with Gasteiger partial charge in [0, 0.05) is 76.8 Å². The van der Waals surface area contributed by atoms with Crippen LogP contribution >= 0.6 is 39.1 Å². The van der Waals surface area contributed by atoms with E-state index in [0.29, 0.717) is 78.7 Å². The Balaban J connectivity index is 0.000000151. The van der Waals surface area contributed by atoms with Crippen LogP contribution in [0.25, 0.3) is 11.1 Å². The number of hydrogen-bond acceptors (Lipinski definition) is 14. The molecule has 6 heterocycles. The summed E-state index contributed by atoms with van der Waals surface area (Å²) in [5.74, 6) is 2.67. The number of fused-ring (bicyclic) bond motifs is 4. The van der Waals surface area contributed by atoms with Crippen molar-refractivity contribution in [1.82, 2.24) is 9.80 Å². The largest absolute Gasteiger partial charge is 0.494 e. The minimum absolute atomic E-state index is 0.109. The predicted molar refractivity (Wildman–Crippen MR) is 263 cm³/mol. The molecule has 4 aromatic carbocycles. The smallest absolute Gasteiger partial charge is 0.492 e. The Hall–Kier alpha value is -5.08. The van der Waals surface area contributed by atoms with Gasteiger partial charge in [0.2, 0.25) is 0 Å². The van der Waals surface area contributed by atoms with Gasteiger partial charge in [0.15, 0.2) is 23.0 Å². The van der Waals surface area contributed by atoms with Gasteiger partial charge >= 0.3 is 7.12 Å². The fraction of sp³-hybridized carbons (Fsp3) is 0.417. The Morgan fingerprint density at radius 1 is 0.721 bits per heavy atom. The second-order valence-corrected chi connectivity index (χ2v) is 19.3. The third-order valence-electron chi connectivity index (χ3n) is 12.9. The number of halogens is 3. The fourth-order valence-electron chi connectivity index (χ4n) is 9.78. The van der Waals surface area contributed by atoms with Crippen molar-refractivity contribution in [3.63, 3.8) is 0 Å². The van der Waals surface area contributed by atoms with Crippen LogP contribution in [-0.2, 0) is 30.1 Å². The van der Waals surface area contributed by atoms with E-state index in [2.05, 4.69) is 20.9 Å². The van der Waals surface area contributed by atoms with E-state index in [1.165, 1.54) is 15.9 Å². The number of ether oxygens (including phenoxy) is 6. The lowest BCUT2D eigenvalue weighted by atomic mass is 9.74. The number of nitrogens with zero attached hydrogens (tertiary/aromatic N) is 4. The summed E-state index contributed by atoms with van der Waals surface area (Å²) < 4.78 is 36.1. The van der Waals surface area contributed by atoms with Crippen molar-refractivity contribution in [2.45, 2.75) is 74.7 Å². The lowest BCUT2D eigenvalue weighted by Gasteiger charge is -2.46. The molecule has 4 aromatic rings. The van der Waals surface area contributed by atoms with Gasteiger partial charge in [0.25, 0.3) is 11.8 Å². The normalized spacial score (nSPS) is 25.6. The van der Waals surface area contributed by atoms with Crippen molar-refractivity contribution < 1.29 is 48.1 Å². The number of rotatable bonds is 6. The molecular formula is C48H54BBrCl2N6O10. The Labute approximate surface area is 413 Å². The number of benzene rings is 4. The molecule has 0 bridgehead atoms. The molecule has 4 spiro atoms. The zero-order chi connectivity index (χ0) is 48.6. The number of amides is 2. The summed E-state index contributed by atoms with van der Waals surface area (Å²) in [6, 6.07) is 21.7. The standard InChI is InChI=1S/C24H26ClN3O4.C16H18BrN3O3.C8H10BClO3/c1-3-31-19-8-6-16(25)12-17(19)15-5-7-20-18(11-15)24(21(29)28(2)22(26)27-24)13-23(32-20)9-4-10-30-14-23;1-20-13(21)16(19-14(20)18)8-15(5-2-6-22-9-15)23-12-4-3-10(17)7-11(12)16;1-2-13-8-4-3-6(10)5-7(8)9(11)12/h5-8,11-12H,3-4,9-10,13-14H2,1-2H3,(H2,26,27);3-4,7H,2,5-6,8-9H2,1H3,(H2,18,19);3-5,11-12H,2H2,1H3. The van der Waals surface area contributed by atoms with Crippen LogP contribution in [0, 0.1) is 0 Å². The summed E-state index contributed by atoms with van der Waals surface area (Å²) in [5.41, 5.74) is 12.3. The van der Waals surface area contributed by atoms with Gasteiger partial charge < -0.3 is 49.9 Å². The second kappa shape index (κ2) is 19.7. The van der Waals surface area contributed by atoms with E-state index >= 15 is 0 Å². The molecule has 0 aliphatic carbocycles. The quantitative estimate of drug-likeness (QED) is 0.166. The number of nitrogens with two attached hydrogens (primary N) is 2. The summed E-state index contributed by atoms with van der Waals surface area (Å²) in [7, 11) is 1.76. The van der Waals surface area contributed by atoms with Crippen molar-refractivity contribution in [2.75, 3.05) is 53.7 Å². The summed E-state index contributed by atoms with van der Waals surface area (Å²) in [4.78, 5) is 38.7. The molecule has 6 aliphatic heterocycles. The third kappa shape index (κ3) is 9.36. The highest BCUT2D eigenvalue weighted by atomic mass is 79.9. The van der Waals surface area contributed by atoms with Crippen LogP contribution in [0.2, 0.25) is 10.0 Å². The minimum Gasteiger partial charge on any atom is -0.494 e. The number of likely N-dealkylation sites (N-methyl/N-ethyl adjacent to an activating group) is 2. The monoisotopic (exact) mass is 1030 g/mol. The molecule has 20 heteroatoms. The molecule has 6 aliphatic rings. The molecule has 4 unspecified atom stereocenters. The van der Waals surface area contributed by atoms with E-state index in [1.807, 2.05) is 62.4 Å². The minimum atomic E-state index is -1.56. The van der Waals surface area contributed by atoms with Crippen LogP contribution in [0.3, 0.4) is 0 Å². The van der Waals surface area contributed by atoms with Gasteiger partial charge in [-0.05, 0) is 112 Å². The van der Waals surface area contributed by atoms with Gasteiger partial charge in [-0.3, -0.25) is 19.4 Å². The average molecular weight is 1040 g/mol. The molecule has 68 heavy (non-hydrogen) atoms. The zero-order valence-corrected chi connectivity index (χ0v) is 41.3. The molecule has 4 atom stereocenters. The van der Waals surface area contributed by atoms with Crippen LogP contribution < -0.4 is 35.9 Å². The third-order valence-corrected chi connectivity index (χ3v) is 13.9. The first kappa shape index (κ1) is 49.4. The molecule has 2 amide bonds. The molecular weight excluding hydrogens is 982 g/mol. The van der Waals surface area contributed by atoms with Gasteiger partial charge in [-0.15, -0.1) is 0 Å². The Morgan fingerprint density at radius 2 is 1.22 bits per heavy atom. The highest BCUT2D eigenvalue weighted by Crippen LogP contribution is 2.53. The van der Waals surface area contributed by atoms with E-state index in [4.69, 9.17) is 78.1 Å². The lowest BCUT2D eigenvalue weighted by molar-refractivity contribution is -0.139. The van der Waals surface area contributed by atoms with Crippen LogP contribution in [0.5, 0.6) is 23.0 Å². The van der Waals surface area contributed by atoms with Crippen LogP contribution in [0.4, 0.5) is 0 Å². The molecule has 0 aromatic heterocycles. The summed E-state index contributed by atoms with van der Waals surface area (Å²) >= 11 is 15.5. The zero-order valence-electron chi connectivity index (χ0n) is 38.2. The lowest BCUT2D eigenvalue weighted by Crippen LogP contribution is -2.55. The molecule has 16 nitrogen and oxygen atoms in total. The first-order chi connectivity index (χ1) is 32.5. The number of hydrogen-bond donors (Lipinski definition) is 4. The maximum absolute atomic E-state index is 13.5. The number of carbonyl (C=O) groups excluding carboxylic acids is 2. The summed E-state index contributed by atoms with van der Waals surface area (Å²) in [5, 5.41) is 19.0. The first-order valence-electron chi connectivity index (χ1n) is 22.4. The predicted octanol–water partition coefficient (Wildman–Crippen LogP) is 5.90. The van der Waals surface area contributed by atoms with E-state index in [-0.39, 0.29) is 29.2 Å². The molecule has 2 fully saturated rings. The van der Waals surface area contributed by atoms with E-state index in [0.717, 1.165) is 59.2 Å².